The molecule has 4 rings (SSSR count). The molecule has 2 N–H and O–H groups in total. The third-order valence-corrected chi connectivity index (χ3v) is 4.84. The molecule has 1 aromatic carbocycles. The molecule has 1 fully saturated rings. The predicted octanol–water partition coefficient (Wildman–Crippen LogP) is 3.23. The zero-order chi connectivity index (χ0) is 16.5. The van der Waals surface area contributed by atoms with Gasteiger partial charge in [-0.15, -0.1) is 0 Å². The summed E-state index contributed by atoms with van der Waals surface area (Å²) in [6, 6.07) is 10.5. The Morgan fingerprint density at radius 1 is 1.25 bits per heavy atom. The molecule has 0 spiro atoms. The fourth-order valence-electron chi connectivity index (χ4n) is 3.51. The number of aromatic nitrogens is 2. The topological polar surface area (TPSA) is 63.2 Å². The molecule has 0 saturated heterocycles. The molecule has 2 aromatic heterocycles. The summed E-state index contributed by atoms with van der Waals surface area (Å²) in [4.78, 5) is 0. The van der Waals surface area contributed by atoms with E-state index in [-0.39, 0.29) is 6.10 Å². The van der Waals surface area contributed by atoms with Gasteiger partial charge >= 0.3 is 0 Å². The number of aliphatic hydroxyl groups excluding tert-OH is 1. The monoisotopic (exact) mass is 325 g/mol. The number of hydrogen-bond acceptors (Lipinski definition) is 4. The number of hydrogen-bond donors (Lipinski definition) is 2. The van der Waals surface area contributed by atoms with Crippen LogP contribution in [0.25, 0.3) is 22.4 Å². The highest BCUT2D eigenvalue weighted by molar-refractivity contribution is 5.82. The molecule has 5 nitrogen and oxygen atoms in total. The van der Waals surface area contributed by atoms with Gasteiger partial charge in [-0.3, -0.25) is 4.68 Å². The van der Waals surface area contributed by atoms with E-state index in [0.29, 0.717) is 6.04 Å². The minimum atomic E-state index is -0.118. The third kappa shape index (κ3) is 3.09. The van der Waals surface area contributed by atoms with Gasteiger partial charge in [0.25, 0.3) is 0 Å². The van der Waals surface area contributed by atoms with Crippen molar-refractivity contribution in [2.24, 2.45) is 7.05 Å². The van der Waals surface area contributed by atoms with Gasteiger partial charge in [0, 0.05) is 36.8 Å². The number of nitrogens with zero attached hydrogens (tertiary/aromatic N) is 2. The maximum atomic E-state index is 9.62. The third-order valence-electron chi connectivity index (χ3n) is 4.84. The van der Waals surface area contributed by atoms with E-state index in [0.717, 1.165) is 60.2 Å². The highest BCUT2D eigenvalue weighted by atomic mass is 16.3. The quantitative estimate of drug-likeness (QED) is 0.773. The number of fused-ring (bicyclic) bond motifs is 1. The van der Waals surface area contributed by atoms with Gasteiger partial charge in [0.2, 0.25) is 0 Å². The second-order valence-corrected chi connectivity index (χ2v) is 6.71. The first-order chi connectivity index (χ1) is 11.7. The number of aryl methyl sites for hydroxylation is 1. The Bertz CT molecular complexity index is 795. The van der Waals surface area contributed by atoms with Crippen molar-refractivity contribution in [2.45, 2.75) is 44.4 Å². The Balaban J connectivity index is 1.54. The summed E-state index contributed by atoms with van der Waals surface area (Å²) in [6.07, 6.45) is 5.77. The summed E-state index contributed by atoms with van der Waals surface area (Å²) in [6.45, 7) is 0.765. The summed E-state index contributed by atoms with van der Waals surface area (Å²) in [7, 11) is 1.94. The standard InChI is InChI=1S/C19H23N3O2/c1-22-12-14(11-20-15-6-8-16(23)9-7-15)19(21-22)18-10-13-4-2-3-5-17(13)24-18/h2-5,10,12,15-16,20,23H,6-9,11H2,1H3. The van der Waals surface area contributed by atoms with Gasteiger partial charge in [-0.1, -0.05) is 18.2 Å². The lowest BCUT2D eigenvalue weighted by Crippen LogP contribution is -2.34. The van der Waals surface area contributed by atoms with Crippen LogP contribution >= 0.6 is 0 Å². The molecule has 1 aliphatic rings. The van der Waals surface area contributed by atoms with Crippen molar-refractivity contribution in [3.8, 4) is 11.5 Å². The largest absolute Gasteiger partial charge is 0.454 e. The van der Waals surface area contributed by atoms with Crippen molar-refractivity contribution in [1.29, 1.82) is 0 Å². The minimum absolute atomic E-state index is 0.118. The molecule has 0 bridgehead atoms. The molecular formula is C19H23N3O2. The van der Waals surface area contributed by atoms with Gasteiger partial charge in [0.1, 0.15) is 11.3 Å². The molecule has 1 saturated carbocycles. The van der Waals surface area contributed by atoms with E-state index in [1.54, 1.807) is 0 Å². The highest BCUT2D eigenvalue weighted by Crippen LogP contribution is 2.29. The van der Waals surface area contributed by atoms with Crippen molar-refractivity contribution >= 4 is 11.0 Å². The van der Waals surface area contributed by atoms with Gasteiger partial charge in [-0.2, -0.15) is 5.10 Å². The van der Waals surface area contributed by atoms with E-state index < -0.39 is 0 Å². The number of furan rings is 1. The summed E-state index contributed by atoms with van der Waals surface area (Å²) in [5.74, 6) is 0.813. The molecule has 2 heterocycles. The van der Waals surface area contributed by atoms with E-state index >= 15 is 0 Å². The molecule has 1 aliphatic carbocycles. The van der Waals surface area contributed by atoms with E-state index in [2.05, 4.69) is 22.5 Å². The average Bonchev–Trinajstić information content (AvgIpc) is 3.17. The van der Waals surface area contributed by atoms with Gasteiger partial charge in [0.15, 0.2) is 5.76 Å². The van der Waals surface area contributed by atoms with Gasteiger partial charge in [-0.05, 0) is 37.8 Å². The second-order valence-electron chi connectivity index (χ2n) is 6.71. The molecule has 0 atom stereocenters. The van der Waals surface area contributed by atoms with Crippen LogP contribution in [-0.4, -0.2) is 27.0 Å². The van der Waals surface area contributed by atoms with E-state index in [1.807, 2.05) is 36.1 Å². The van der Waals surface area contributed by atoms with Crippen LogP contribution in [0.2, 0.25) is 0 Å². The van der Waals surface area contributed by atoms with Gasteiger partial charge in [-0.25, -0.2) is 0 Å². The first kappa shape index (κ1) is 15.4. The van der Waals surface area contributed by atoms with Crippen molar-refractivity contribution in [2.75, 3.05) is 0 Å². The normalized spacial score (nSPS) is 21.4. The Morgan fingerprint density at radius 3 is 2.83 bits per heavy atom. The summed E-state index contributed by atoms with van der Waals surface area (Å²) in [5.41, 5.74) is 2.93. The Hall–Kier alpha value is -2.11. The van der Waals surface area contributed by atoms with Crippen molar-refractivity contribution < 1.29 is 9.52 Å². The number of para-hydroxylation sites is 1. The van der Waals surface area contributed by atoms with Crippen molar-refractivity contribution in [3.05, 3.63) is 42.1 Å². The van der Waals surface area contributed by atoms with E-state index in [4.69, 9.17) is 4.42 Å². The first-order valence-electron chi connectivity index (χ1n) is 8.62. The van der Waals surface area contributed by atoms with Crippen molar-refractivity contribution in [1.82, 2.24) is 15.1 Å². The molecule has 3 aromatic rings. The smallest absolute Gasteiger partial charge is 0.156 e. The minimum Gasteiger partial charge on any atom is -0.454 e. The van der Waals surface area contributed by atoms with Gasteiger partial charge in [0.05, 0.1) is 6.10 Å². The Labute approximate surface area is 141 Å². The molecule has 0 aliphatic heterocycles. The fourth-order valence-corrected chi connectivity index (χ4v) is 3.51. The average molecular weight is 325 g/mol. The van der Waals surface area contributed by atoms with E-state index in [9.17, 15) is 5.11 Å². The van der Waals surface area contributed by atoms with Crippen LogP contribution in [0.3, 0.4) is 0 Å². The second kappa shape index (κ2) is 6.42. The SMILES string of the molecule is Cn1cc(CNC2CCC(O)CC2)c(-c2cc3ccccc3o2)n1. The maximum Gasteiger partial charge on any atom is 0.156 e. The van der Waals surface area contributed by atoms with Crippen LogP contribution in [0.5, 0.6) is 0 Å². The Morgan fingerprint density at radius 2 is 2.04 bits per heavy atom. The maximum absolute atomic E-state index is 9.62. The zero-order valence-corrected chi connectivity index (χ0v) is 13.9. The zero-order valence-electron chi connectivity index (χ0n) is 13.9. The van der Waals surface area contributed by atoms with Crippen LogP contribution in [0.4, 0.5) is 0 Å². The molecule has 126 valence electrons. The van der Waals surface area contributed by atoms with Crippen molar-refractivity contribution in [3.63, 3.8) is 0 Å². The lowest BCUT2D eigenvalue weighted by Gasteiger charge is -2.26. The number of aliphatic hydroxyl groups is 1. The lowest BCUT2D eigenvalue weighted by molar-refractivity contribution is 0.116. The van der Waals surface area contributed by atoms with Crippen LogP contribution in [0.1, 0.15) is 31.2 Å². The van der Waals surface area contributed by atoms with Crippen LogP contribution in [0.15, 0.2) is 40.9 Å². The van der Waals surface area contributed by atoms with Gasteiger partial charge < -0.3 is 14.8 Å². The fraction of sp³-hybridized carbons (Fsp3) is 0.421. The van der Waals surface area contributed by atoms with Crippen LogP contribution in [0, 0.1) is 0 Å². The first-order valence-corrected chi connectivity index (χ1v) is 8.62. The van der Waals surface area contributed by atoms with E-state index in [1.165, 1.54) is 0 Å². The lowest BCUT2D eigenvalue weighted by atomic mass is 9.93. The summed E-state index contributed by atoms with van der Waals surface area (Å²) in [5, 5.41) is 18.9. The van der Waals surface area contributed by atoms with Crippen LogP contribution < -0.4 is 5.32 Å². The highest BCUT2D eigenvalue weighted by Gasteiger charge is 2.20. The molecule has 24 heavy (non-hydrogen) atoms. The molecule has 5 heteroatoms. The summed E-state index contributed by atoms with van der Waals surface area (Å²) < 4.78 is 7.81. The molecule has 0 radical (unpaired) electrons. The number of rotatable bonds is 4. The number of nitrogens with one attached hydrogen (secondary N) is 1. The molecule has 0 unspecified atom stereocenters. The summed E-state index contributed by atoms with van der Waals surface area (Å²) >= 11 is 0. The molecule has 0 amide bonds. The van der Waals surface area contributed by atoms with Crippen LogP contribution in [-0.2, 0) is 13.6 Å². The molecular weight excluding hydrogens is 302 g/mol. The predicted molar refractivity (Wildman–Crippen MR) is 93.5 cm³/mol. The number of benzene rings is 1. The Kier molecular flexibility index (Phi) is 4.12.